The fourth-order valence-electron chi connectivity index (χ4n) is 3.15. The minimum atomic E-state index is 0.416. The summed E-state index contributed by atoms with van der Waals surface area (Å²) in [6, 6.07) is 10.9. The molecule has 0 saturated heterocycles. The third kappa shape index (κ3) is 5.58. The topological polar surface area (TPSA) is 70.4 Å². The highest BCUT2D eigenvalue weighted by Gasteiger charge is 2.12. The largest absolute Gasteiger partial charge is 0.375 e. The van der Waals surface area contributed by atoms with E-state index in [-0.39, 0.29) is 0 Å². The average Bonchev–Trinajstić information content (AvgIpc) is 3.34. The van der Waals surface area contributed by atoms with E-state index in [0.717, 1.165) is 50.0 Å². The highest BCUT2D eigenvalue weighted by molar-refractivity contribution is 5.80. The number of hydrogen-bond donors (Lipinski definition) is 2. The Balaban J connectivity index is 1.51. The Morgan fingerprint density at radius 1 is 1.21 bits per heavy atom. The summed E-state index contributed by atoms with van der Waals surface area (Å²) in [5, 5.41) is 15.3. The molecule has 0 bridgehead atoms. The van der Waals surface area contributed by atoms with E-state index in [1.807, 2.05) is 24.6 Å². The molecule has 0 unspecified atom stereocenters. The smallest absolute Gasteiger partial charge is 0.191 e. The molecule has 0 atom stereocenters. The van der Waals surface area contributed by atoms with Crippen molar-refractivity contribution in [2.75, 3.05) is 25.0 Å². The standard InChI is InChI=1S/C21H31N7/c1-17-25-26-20(28(17)3)16-23-21(24-18-10-7-8-11-18)22-14-9-15-27(2)19-12-5-4-6-13-19/h4-8,12-13,18H,9-11,14-16H2,1-3H3,(H2,22,23,24). The second-order valence-electron chi connectivity index (χ2n) is 7.21. The number of benzene rings is 1. The zero-order valence-electron chi connectivity index (χ0n) is 17.1. The van der Waals surface area contributed by atoms with Crippen molar-refractivity contribution in [3.8, 4) is 0 Å². The highest BCUT2D eigenvalue weighted by atomic mass is 15.3. The number of aliphatic imine (C=N–C) groups is 1. The van der Waals surface area contributed by atoms with Gasteiger partial charge in [0.15, 0.2) is 11.8 Å². The first-order valence-electron chi connectivity index (χ1n) is 9.94. The molecule has 0 fully saturated rings. The number of aryl methyl sites for hydroxylation is 1. The minimum Gasteiger partial charge on any atom is -0.375 e. The average molecular weight is 382 g/mol. The van der Waals surface area contributed by atoms with Crippen molar-refractivity contribution >= 4 is 11.6 Å². The number of nitrogens with zero attached hydrogens (tertiary/aromatic N) is 5. The maximum Gasteiger partial charge on any atom is 0.191 e. The van der Waals surface area contributed by atoms with E-state index < -0.39 is 0 Å². The zero-order chi connectivity index (χ0) is 19.8. The number of nitrogens with one attached hydrogen (secondary N) is 2. The zero-order valence-corrected chi connectivity index (χ0v) is 17.1. The van der Waals surface area contributed by atoms with E-state index >= 15 is 0 Å². The molecule has 0 spiro atoms. The van der Waals surface area contributed by atoms with Crippen LogP contribution in [0.25, 0.3) is 0 Å². The van der Waals surface area contributed by atoms with Crippen molar-refractivity contribution < 1.29 is 0 Å². The molecule has 1 aliphatic carbocycles. The monoisotopic (exact) mass is 381 g/mol. The predicted octanol–water partition coefficient (Wildman–Crippen LogP) is 2.40. The summed E-state index contributed by atoms with van der Waals surface area (Å²) in [6.07, 6.45) is 7.55. The van der Waals surface area contributed by atoms with Gasteiger partial charge in [0.05, 0.1) is 0 Å². The number of anilines is 1. The first-order valence-corrected chi connectivity index (χ1v) is 9.94. The van der Waals surface area contributed by atoms with Crippen LogP contribution in [0.5, 0.6) is 0 Å². The van der Waals surface area contributed by atoms with Gasteiger partial charge in [-0.2, -0.15) is 0 Å². The van der Waals surface area contributed by atoms with Crippen molar-refractivity contribution in [1.82, 2.24) is 25.4 Å². The van der Waals surface area contributed by atoms with Gasteiger partial charge in [-0.3, -0.25) is 0 Å². The lowest BCUT2D eigenvalue weighted by Crippen LogP contribution is -2.43. The van der Waals surface area contributed by atoms with Gasteiger partial charge in [-0.15, -0.1) is 10.2 Å². The van der Waals surface area contributed by atoms with E-state index in [4.69, 9.17) is 4.99 Å². The maximum absolute atomic E-state index is 4.74. The number of para-hydroxylation sites is 1. The Kier molecular flexibility index (Phi) is 7.06. The van der Waals surface area contributed by atoms with Crippen LogP contribution < -0.4 is 15.5 Å². The summed E-state index contributed by atoms with van der Waals surface area (Å²) in [4.78, 5) is 7.01. The Bertz CT molecular complexity index is 786. The number of guanidine groups is 1. The first-order chi connectivity index (χ1) is 13.6. The molecule has 150 valence electrons. The molecule has 3 rings (SSSR count). The molecule has 2 aromatic rings. The van der Waals surface area contributed by atoms with Crippen LogP contribution in [0.3, 0.4) is 0 Å². The summed E-state index contributed by atoms with van der Waals surface area (Å²) in [6.45, 7) is 4.31. The van der Waals surface area contributed by atoms with Gasteiger partial charge in [0.2, 0.25) is 0 Å². The maximum atomic E-state index is 4.74. The minimum absolute atomic E-state index is 0.416. The van der Waals surface area contributed by atoms with E-state index in [2.05, 4.69) is 69.2 Å². The van der Waals surface area contributed by atoms with Crippen LogP contribution in [0.15, 0.2) is 47.5 Å². The molecule has 1 aromatic heterocycles. The Hall–Kier alpha value is -2.83. The molecule has 0 saturated carbocycles. The van der Waals surface area contributed by atoms with E-state index in [1.54, 1.807) is 0 Å². The molecular formula is C21H31N7. The summed E-state index contributed by atoms with van der Waals surface area (Å²) >= 11 is 0. The van der Waals surface area contributed by atoms with Gasteiger partial charge >= 0.3 is 0 Å². The number of aromatic nitrogens is 3. The van der Waals surface area contributed by atoms with Crippen molar-refractivity contribution in [2.24, 2.45) is 12.0 Å². The van der Waals surface area contributed by atoms with E-state index in [0.29, 0.717) is 12.6 Å². The van der Waals surface area contributed by atoms with Gasteiger partial charge in [0, 0.05) is 38.9 Å². The molecule has 7 heteroatoms. The van der Waals surface area contributed by atoms with E-state index in [9.17, 15) is 0 Å². The van der Waals surface area contributed by atoms with Gasteiger partial charge in [0.1, 0.15) is 12.4 Å². The first kappa shape index (κ1) is 19.9. The molecule has 0 radical (unpaired) electrons. The second kappa shape index (κ2) is 9.92. The van der Waals surface area contributed by atoms with E-state index in [1.165, 1.54) is 5.69 Å². The lowest BCUT2D eigenvalue weighted by Gasteiger charge is -2.21. The fraction of sp³-hybridized carbons (Fsp3) is 0.476. The summed E-state index contributed by atoms with van der Waals surface area (Å²) < 4.78 is 1.98. The summed E-state index contributed by atoms with van der Waals surface area (Å²) in [5.41, 5.74) is 1.24. The van der Waals surface area contributed by atoms with Crippen LogP contribution in [0.1, 0.15) is 30.9 Å². The third-order valence-corrected chi connectivity index (χ3v) is 5.07. The SMILES string of the molecule is Cc1nnc(CN=C(NCCCN(C)c2ccccc2)NC2CC=CC2)n1C. The lowest BCUT2D eigenvalue weighted by atomic mass is 10.2. The second-order valence-corrected chi connectivity index (χ2v) is 7.21. The van der Waals surface area contributed by atoms with Gasteiger partial charge in [-0.1, -0.05) is 30.4 Å². The Morgan fingerprint density at radius 3 is 2.64 bits per heavy atom. The number of hydrogen-bond acceptors (Lipinski definition) is 4. The molecular weight excluding hydrogens is 350 g/mol. The molecule has 2 N–H and O–H groups in total. The van der Waals surface area contributed by atoms with Crippen LogP contribution in [-0.2, 0) is 13.6 Å². The van der Waals surface area contributed by atoms with Crippen molar-refractivity contribution in [2.45, 2.75) is 38.8 Å². The normalized spacial score (nSPS) is 14.5. The van der Waals surface area contributed by atoms with Crippen LogP contribution in [0.2, 0.25) is 0 Å². The van der Waals surface area contributed by atoms with Gasteiger partial charge in [-0.25, -0.2) is 4.99 Å². The highest BCUT2D eigenvalue weighted by Crippen LogP contribution is 2.11. The lowest BCUT2D eigenvalue weighted by molar-refractivity contribution is 0.624. The summed E-state index contributed by atoms with van der Waals surface area (Å²) in [7, 11) is 4.10. The molecule has 0 aliphatic heterocycles. The third-order valence-electron chi connectivity index (χ3n) is 5.07. The molecule has 0 amide bonds. The van der Waals surface area contributed by atoms with Crippen LogP contribution in [0, 0.1) is 6.92 Å². The fourth-order valence-corrected chi connectivity index (χ4v) is 3.15. The Morgan fingerprint density at radius 2 is 1.96 bits per heavy atom. The quantitative estimate of drug-likeness (QED) is 0.318. The predicted molar refractivity (Wildman–Crippen MR) is 115 cm³/mol. The molecule has 7 nitrogen and oxygen atoms in total. The molecule has 1 aromatic carbocycles. The van der Waals surface area contributed by atoms with Crippen LogP contribution >= 0.6 is 0 Å². The number of rotatable bonds is 8. The molecule has 28 heavy (non-hydrogen) atoms. The van der Waals surface area contributed by atoms with Crippen LogP contribution in [0.4, 0.5) is 5.69 Å². The van der Waals surface area contributed by atoms with Crippen LogP contribution in [-0.4, -0.2) is 46.9 Å². The summed E-state index contributed by atoms with van der Waals surface area (Å²) in [5.74, 6) is 2.61. The molecule has 1 heterocycles. The Labute approximate surface area is 167 Å². The van der Waals surface area contributed by atoms with Gasteiger partial charge < -0.3 is 20.1 Å². The van der Waals surface area contributed by atoms with Crippen molar-refractivity contribution in [3.05, 3.63) is 54.1 Å². The molecule has 1 aliphatic rings. The van der Waals surface area contributed by atoms with Gasteiger partial charge in [0.25, 0.3) is 0 Å². The van der Waals surface area contributed by atoms with Crippen molar-refractivity contribution in [1.29, 1.82) is 0 Å². The van der Waals surface area contributed by atoms with Crippen molar-refractivity contribution in [3.63, 3.8) is 0 Å². The van der Waals surface area contributed by atoms with Gasteiger partial charge in [-0.05, 0) is 38.3 Å².